The number of amides is 1. The molecule has 3 N–H and O–H groups in total. The van der Waals surface area contributed by atoms with Crippen LogP contribution in [0.5, 0.6) is 0 Å². The second-order valence-electron chi connectivity index (χ2n) is 6.90. The molecule has 1 saturated carbocycles. The average Bonchev–Trinajstić information content (AvgIpc) is 3.32. The minimum Gasteiger partial charge on any atom is -0.301 e. The first-order valence-electron chi connectivity index (χ1n) is 8.83. The van der Waals surface area contributed by atoms with Crippen LogP contribution < -0.4 is 10.8 Å². The van der Waals surface area contributed by atoms with Gasteiger partial charge in [-0.15, -0.1) is 11.3 Å². The van der Waals surface area contributed by atoms with Crippen LogP contribution in [0.4, 0.5) is 10.8 Å². The Morgan fingerprint density at radius 2 is 2.11 bits per heavy atom. The van der Waals surface area contributed by atoms with Crippen molar-refractivity contribution < 1.29 is 18.4 Å². The Hall–Kier alpha value is -1.97. The van der Waals surface area contributed by atoms with Crippen LogP contribution in [0.1, 0.15) is 43.6 Å². The van der Waals surface area contributed by atoms with Crippen LogP contribution in [-0.2, 0) is 14.6 Å². The number of hydrogen-bond donors (Lipinski definition) is 3. The molecule has 7 nitrogen and oxygen atoms in total. The van der Waals surface area contributed by atoms with E-state index in [1.807, 2.05) is 5.48 Å². The van der Waals surface area contributed by atoms with Crippen molar-refractivity contribution in [3.05, 3.63) is 35.3 Å². The van der Waals surface area contributed by atoms with Crippen molar-refractivity contribution in [3.63, 3.8) is 0 Å². The van der Waals surface area contributed by atoms with E-state index in [0.717, 1.165) is 19.1 Å². The van der Waals surface area contributed by atoms with Gasteiger partial charge in [-0.3, -0.25) is 15.5 Å². The van der Waals surface area contributed by atoms with Crippen molar-refractivity contribution in [2.24, 2.45) is 5.92 Å². The Labute approximate surface area is 162 Å². The number of nitrogens with one attached hydrogen (secondary N) is 2. The molecule has 146 valence electrons. The number of benzene rings is 1. The number of aromatic nitrogens is 1. The van der Waals surface area contributed by atoms with E-state index < -0.39 is 15.8 Å². The highest BCUT2D eigenvalue weighted by Crippen LogP contribution is 2.36. The van der Waals surface area contributed by atoms with Crippen molar-refractivity contribution in [2.45, 2.75) is 42.9 Å². The summed E-state index contributed by atoms with van der Waals surface area (Å²) < 4.78 is 23.8. The van der Waals surface area contributed by atoms with Gasteiger partial charge in [-0.2, -0.15) is 0 Å². The molecule has 1 fully saturated rings. The van der Waals surface area contributed by atoms with Crippen LogP contribution in [0.25, 0.3) is 0 Å². The van der Waals surface area contributed by atoms with Gasteiger partial charge in [0.15, 0.2) is 15.0 Å². The number of anilines is 2. The molecule has 0 aliphatic heterocycles. The molecule has 0 radical (unpaired) electrons. The summed E-state index contributed by atoms with van der Waals surface area (Å²) in [5, 5.41) is 14.6. The summed E-state index contributed by atoms with van der Waals surface area (Å²) in [5.74, 6) is -0.164. The van der Waals surface area contributed by atoms with E-state index >= 15 is 0 Å². The standard InChI is InChI=1S/C18H23N3O4S2/c1-27(24,25)16-7-6-13(11-15(16)21-23)14(10-12-4-2-3-5-12)17(22)20-18-19-8-9-26-18/h6-9,11-12,14,21,23H,2-5,10H2,1H3,(H,19,20,22). The van der Waals surface area contributed by atoms with E-state index in [2.05, 4.69) is 10.3 Å². The van der Waals surface area contributed by atoms with E-state index in [4.69, 9.17) is 0 Å². The molecule has 2 aromatic rings. The minimum atomic E-state index is -3.50. The molecule has 1 aliphatic rings. The molecular weight excluding hydrogens is 386 g/mol. The number of thiazole rings is 1. The Kier molecular flexibility index (Phi) is 6.13. The quantitative estimate of drug-likeness (QED) is 0.603. The number of carbonyl (C=O) groups excluding carboxylic acids is 1. The van der Waals surface area contributed by atoms with Gasteiger partial charge < -0.3 is 5.32 Å². The Morgan fingerprint density at radius 1 is 1.37 bits per heavy atom. The van der Waals surface area contributed by atoms with E-state index in [1.165, 1.54) is 36.3 Å². The lowest BCUT2D eigenvalue weighted by Gasteiger charge is -2.21. The maximum absolute atomic E-state index is 12.9. The van der Waals surface area contributed by atoms with Gasteiger partial charge in [0.05, 0.1) is 16.5 Å². The predicted molar refractivity (Wildman–Crippen MR) is 105 cm³/mol. The second-order valence-corrected chi connectivity index (χ2v) is 9.78. The normalized spacial score (nSPS) is 16.2. The van der Waals surface area contributed by atoms with Crippen LogP contribution in [0, 0.1) is 5.92 Å². The highest BCUT2D eigenvalue weighted by atomic mass is 32.2. The monoisotopic (exact) mass is 409 g/mol. The maximum atomic E-state index is 12.9. The van der Waals surface area contributed by atoms with Gasteiger partial charge in [-0.05, 0) is 30.0 Å². The first-order valence-corrected chi connectivity index (χ1v) is 11.6. The van der Waals surface area contributed by atoms with Gasteiger partial charge in [0.1, 0.15) is 0 Å². The van der Waals surface area contributed by atoms with Crippen LogP contribution >= 0.6 is 11.3 Å². The van der Waals surface area contributed by atoms with Crippen molar-refractivity contribution in [3.8, 4) is 0 Å². The van der Waals surface area contributed by atoms with Crippen LogP contribution in [0.15, 0.2) is 34.7 Å². The lowest BCUT2D eigenvalue weighted by Crippen LogP contribution is -2.23. The van der Waals surface area contributed by atoms with E-state index in [0.29, 0.717) is 23.0 Å². The first-order chi connectivity index (χ1) is 12.9. The van der Waals surface area contributed by atoms with Crippen molar-refractivity contribution in [2.75, 3.05) is 17.1 Å². The Morgan fingerprint density at radius 3 is 2.70 bits per heavy atom. The molecule has 1 aromatic heterocycles. The number of sulfone groups is 1. The highest BCUT2D eigenvalue weighted by molar-refractivity contribution is 7.90. The topological polar surface area (TPSA) is 108 Å². The summed E-state index contributed by atoms with van der Waals surface area (Å²) in [6.45, 7) is 0. The lowest BCUT2D eigenvalue weighted by molar-refractivity contribution is -0.118. The maximum Gasteiger partial charge on any atom is 0.233 e. The number of rotatable bonds is 7. The zero-order valence-corrected chi connectivity index (χ0v) is 16.6. The largest absolute Gasteiger partial charge is 0.301 e. The molecule has 1 aromatic carbocycles. The van der Waals surface area contributed by atoms with E-state index in [9.17, 15) is 18.4 Å². The Bertz CT molecular complexity index is 891. The molecule has 9 heteroatoms. The molecule has 1 amide bonds. The van der Waals surface area contributed by atoms with Gasteiger partial charge in [0.25, 0.3) is 0 Å². The molecule has 3 rings (SSSR count). The summed E-state index contributed by atoms with van der Waals surface area (Å²) in [7, 11) is -3.50. The molecule has 1 atom stereocenters. The third kappa shape index (κ3) is 4.85. The van der Waals surface area contributed by atoms with Gasteiger partial charge >= 0.3 is 0 Å². The fraction of sp³-hybridized carbons (Fsp3) is 0.444. The fourth-order valence-electron chi connectivity index (χ4n) is 3.63. The van der Waals surface area contributed by atoms with Gasteiger partial charge in [-0.25, -0.2) is 13.4 Å². The molecule has 0 spiro atoms. The summed E-state index contributed by atoms with van der Waals surface area (Å²) >= 11 is 1.35. The van der Waals surface area contributed by atoms with Gasteiger partial charge in [0, 0.05) is 17.8 Å². The molecule has 27 heavy (non-hydrogen) atoms. The summed E-state index contributed by atoms with van der Waals surface area (Å²) in [6.07, 6.45) is 7.90. The molecule has 1 aliphatic carbocycles. The minimum absolute atomic E-state index is 0.00584. The van der Waals surface area contributed by atoms with Gasteiger partial charge in [-0.1, -0.05) is 31.7 Å². The molecule has 0 saturated heterocycles. The van der Waals surface area contributed by atoms with Gasteiger partial charge in [0.2, 0.25) is 5.91 Å². The van der Waals surface area contributed by atoms with Crippen LogP contribution in [0.2, 0.25) is 0 Å². The fourth-order valence-corrected chi connectivity index (χ4v) is 4.98. The molecule has 1 heterocycles. The van der Waals surface area contributed by atoms with Crippen LogP contribution in [-0.4, -0.2) is 30.8 Å². The second kappa shape index (κ2) is 8.37. The van der Waals surface area contributed by atoms with Crippen molar-refractivity contribution in [1.82, 2.24) is 4.98 Å². The molecule has 1 unspecified atom stereocenters. The van der Waals surface area contributed by atoms with E-state index in [-0.39, 0.29) is 16.5 Å². The van der Waals surface area contributed by atoms with Crippen molar-refractivity contribution >= 4 is 37.9 Å². The zero-order chi connectivity index (χ0) is 19.4. The summed E-state index contributed by atoms with van der Waals surface area (Å²) in [5.41, 5.74) is 2.70. The summed E-state index contributed by atoms with van der Waals surface area (Å²) in [4.78, 5) is 17.0. The first kappa shape index (κ1) is 19.8. The summed E-state index contributed by atoms with van der Waals surface area (Å²) in [6, 6.07) is 4.62. The lowest BCUT2D eigenvalue weighted by atomic mass is 9.87. The number of nitrogens with zero attached hydrogens (tertiary/aromatic N) is 1. The predicted octanol–water partition coefficient (Wildman–Crippen LogP) is 3.65. The molecule has 0 bridgehead atoms. The third-order valence-electron chi connectivity index (χ3n) is 4.95. The number of hydrogen-bond acceptors (Lipinski definition) is 7. The van der Waals surface area contributed by atoms with Crippen LogP contribution in [0.3, 0.4) is 0 Å². The average molecular weight is 410 g/mol. The highest BCUT2D eigenvalue weighted by Gasteiger charge is 2.28. The number of carbonyl (C=O) groups is 1. The van der Waals surface area contributed by atoms with E-state index in [1.54, 1.807) is 17.6 Å². The van der Waals surface area contributed by atoms with Crippen molar-refractivity contribution in [1.29, 1.82) is 0 Å². The smallest absolute Gasteiger partial charge is 0.233 e. The SMILES string of the molecule is CS(=O)(=O)c1ccc(C(CC2CCCC2)C(=O)Nc2nccs2)cc1NO. The third-order valence-corrected chi connectivity index (χ3v) is 6.79. The molecular formula is C18H23N3O4S2. The Balaban J connectivity index is 1.92. The zero-order valence-electron chi connectivity index (χ0n) is 15.0.